The third-order valence-corrected chi connectivity index (χ3v) is 5.25. The van der Waals surface area contributed by atoms with E-state index in [1.807, 2.05) is 36.4 Å². The topological polar surface area (TPSA) is 125 Å². The second kappa shape index (κ2) is 10.1. The number of amides is 2. The minimum absolute atomic E-state index is 0.0634. The lowest BCUT2D eigenvalue weighted by atomic mass is 9.98. The largest absolute Gasteiger partial charge is 0.480 e. The van der Waals surface area contributed by atoms with Gasteiger partial charge >= 0.3 is 12.1 Å². The van der Waals surface area contributed by atoms with Gasteiger partial charge in [-0.3, -0.25) is 4.79 Å². The second-order valence-electron chi connectivity index (χ2n) is 7.55. The van der Waals surface area contributed by atoms with Crippen molar-refractivity contribution in [2.24, 2.45) is 0 Å². The number of carboxylic acid groups (broad SMARTS) is 1. The van der Waals surface area contributed by atoms with Crippen LogP contribution in [0.2, 0.25) is 0 Å². The molecule has 2 atom stereocenters. The summed E-state index contributed by atoms with van der Waals surface area (Å²) < 4.78 is 5.44. The van der Waals surface area contributed by atoms with Crippen LogP contribution < -0.4 is 10.6 Å². The van der Waals surface area contributed by atoms with Crippen molar-refractivity contribution in [1.29, 1.82) is 0 Å². The Morgan fingerprint density at radius 1 is 1.00 bits per heavy atom. The third-order valence-electron chi connectivity index (χ3n) is 5.25. The van der Waals surface area contributed by atoms with E-state index in [9.17, 15) is 14.4 Å². The summed E-state index contributed by atoms with van der Waals surface area (Å²) in [5.41, 5.74) is 4.47. The number of carbonyl (C=O) groups excluding carboxylic acids is 2. The first-order valence-corrected chi connectivity index (χ1v) is 10.1. The number of rotatable bonds is 9. The van der Waals surface area contributed by atoms with Crippen molar-refractivity contribution in [3.05, 3.63) is 59.7 Å². The molecule has 0 radical (unpaired) electrons. The van der Waals surface area contributed by atoms with Crippen LogP contribution in [-0.2, 0) is 14.3 Å². The summed E-state index contributed by atoms with van der Waals surface area (Å²) in [6, 6.07) is 14.3. The minimum atomic E-state index is -1.22. The Labute approximate surface area is 180 Å². The first-order chi connectivity index (χ1) is 14.9. The number of aliphatic carboxylic acids is 1. The number of alkyl carbamates (subject to hydrolysis) is 1. The van der Waals surface area contributed by atoms with E-state index < -0.39 is 30.1 Å². The maximum absolute atomic E-state index is 12.3. The van der Waals surface area contributed by atoms with Crippen LogP contribution >= 0.6 is 0 Å². The molecule has 0 aromatic heterocycles. The molecule has 2 amide bonds. The molecule has 2 aromatic rings. The first-order valence-electron chi connectivity index (χ1n) is 10.1. The number of aliphatic hydroxyl groups is 1. The maximum Gasteiger partial charge on any atom is 0.407 e. The lowest BCUT2D eigenvalue weighted by molar-refractivity contribution is -0.142. The molecule has 4 N–H and O–H groups in total. The Hall–Kier alpha value is -3.39. The normalized spacial score (nSPS) is 14.1. The number of hydrogen-bond acceptors (Lipinski definition) is 5. The van der Waals surface area contributed by atoms with Gasteiger partial charge in [0.15, 0.2) is 0 Å². The number of carboxylic acids is 1. The van der Waals surface area contributed by atoms with E-state index in [4.69, 9.17) is 14.9 Å². The third kappa shape index (κ3) is 5.40. The van der Waals surface area contributed by atoms with Crippen molar-refractivity contribution in [1.82, 2.24) is 10.6 Å². The molecule has 0 saturated carbocycles. The van der Waals surface area contributed by atoms with Gasteiger partial charge < -0.3 is 25.6 Å². The lowest BCUT2D eigenvalue weighted by Crippen LogP contribution is -2.44. The van der Waals surface area contributed by atoms with Gasteiger partial charge in [-0.05, 0) is 29.2 Å². The van der Waals surface area contributed by atoms with E-state index >= 15 is 0 Å². The number of aliphatic hydroxyl groups excluding tert-OH is 1. The number of carbonyl (C=O) groups is 3. The van der Waals surface area contributed by atoms with Crippen LogP contribution in [0.15, 0.2) is 48.5 Å². The number of nitrogens with one attached hydrogen (secondary N) is 2. The van der Waals surface area contributed by atoms with E-state index in [1.165, 1.54) is 0 Å². The molecule has 0 bridgehead atoms. The quantitative estimate of drug-likeness (QED) is 0.487. The molecule has 8 nitrogen and oxygen atoms in total. The Bertz CT molecular complexity index is 915. The highest BCUT2D eigenvalue weighted by Gasteiger charge is 2.29. The zero-order chi connectivity index (χ0) is 22.4. The van der Waals surface area contributed by atoms with E-state index in [-0.39, 0.29) is 32.0 Å². The highest BCUT2D eigenvalue weighted by Crippen LogP contribution is 2.44. The maximum atomic E-state index is 12.3. The molecule has 0 aliphatic heterocycles. The number of ether oxygens (including phenoxy) is 1. The van der Waals surface area contributed by atoms with E-state index in [2.05, 4.69) is 22.8 Å². The summed E-state index contributed by atoms with van der Waals surface area (Å²) in [5.74, 6) is -1.82. The zero-order valence-electron chi connectivity index (χ0n) is 17.2. The molecule has 8 heteroatoms. The molecule has 0 unspecified atom stereocenters. The van der Waals surface area contributed by atoms with Crippen molar-refractivity contribution in [3.8, 4) is 11.1 Å². The molecule has 0 heterocycles. The summed E-state index contributed by atoms with van der Waals surface area (Å²) in [7, 11) is 0. The minimum Gasteiger partial charge on any atom is -0.480 e. The number of fused-ring (bicyclic) bond motifs is 3. The molecular weight excluding hydrogens is 400 g/mol. The van der Waals surface area contributed by atoms with Crippen LogP contribution in [0.3, 0.4) is 0 Å². The van der Waals surface area contributed by atoms with Crippen LogP contribution in [-0.4, -0.2) is 53.5 Å². The summed E-state index contributed by atoms with van der Waals surface area (Å²) >= 11 is 0. The van der Waals surface area contributed by atoms with Crippen LogP contribution in [0.4, 0.5) is 4.79 Å². The van der Waals surface area contributed by atoms with Gasteiger partial charge in [-0.25, -0.2) is 9.59 Å². The van der Waals surface area contributed by atoms with E-state index in [0.29, 0.717) is 0 Å². The predicted molar refractivity (Wildman–Crippen MR) is 114 cm³/mol. The summed E-state index contributed by atoms with van der Waals surface area (Å²) in [6.07, 6.45) is -0.846. The van der Waals surface area contributed by atoms with Gasteiger partial charge in [0, 0.05) is 31.4 Å². The Morgan fingerprint density at radius 3 is 2.13 bits per heavy atom. The molecule has 3 rings (SSSR count). The molecule has 31 heavy (non-hydrogen) atoms. The Balaban J connectivity index is 1.52. The molecule has 1 aliphatic rings. The van der Waals surface area contributed by atoms with Crippen LogP contribution in [0, 0.1) is 0 Å². The number of benzene rings is 2. The predicted octanol–water partition coefficient (Wildman–Crippen LogP) is 2.26. The summed E-state index contributed by atoms with van der Waals surface area (Å²) in [4.78, 5) is 35.3. The molecule has 164 valence electrons. The SMILES string of the molecule is C[C@H](CC(=O)N[C@@H](CCO)C(=O)O)NC(=O)OCC1c2ccccc2-c2ccccc21. The molecule has 1 aliphatic carbocycles. The van der Waals surface area contributed by atoms with Crippen LogP contribution in [0.1, 0.15) is 36.8 Å². The van der Waals surface area contributed by atoms with Crippen LogP contribution in [0.25, 0.3) is 11.1 Å². The first kappa shape index (κ1) is 22.3. The fourth-order valence-electron chi connectivity index (χ4n) is 3.81. The van der Waals surface area contributed by atoms with Gasteiger partial charge in [-0.2, -0.15) is 0 Å². The lowest BCUT2D eigenvalue weighted by Gasteiger charge is -2.18. The molecular formula is C23H26N2O6. The van der Waals surface area contributed by atoms with Crippen molar-refractivity contribution >= 4 is 18.0 Å². The van der Waals surface area contributed by atoms with Gasteiger partial charge in [0.25, 0.3) is 0 Å². The smallest absolute Gasteiger partial charge is 0.407 e. The molecule has 2 aromatic carbocycles. The number of hydrogen-bond donors (Lipinski definition) is 4. The highest BCUT2D eigenvalue weighted by molar-refractivity contribution is 5.84. The van der Waals surface area contributed by atoms with Crippen molar-refractivity contribution in [2.45, 2.75) is 37.8 Å². The second-order valence-corrected chi connectivity index (χ2v) is 7.55. The Morgan fingerprint density at radius 2 is 1.58 bits per heavy atom. The standard InChI is InChI=1S/C23H26N2O6/c1-14(12-21(27)25-20(10-11-26)22(28)29)24-23(30)31-13-19-17-8-4-2-6-15(17)16-7-3-5-9-18(16)19/h2-9,14,19-20,26H,10-13H2,1H3,(H,24,30)(H,25,27)(H,28,29)/t14-,20+/m1/s1. The van der Waals surface area contributed by atoms with E-state index in [1.54, 1.807) is 6.92 Å². The average Bonchev–Trinajstić information content (AvgIpc) is 3.05. The van der Waals surface area contributed by atoms with Gasteiger partial charge in [0.2, 0.25) is 5.91 Å². The monoisotopic (exact) mass is 426 g/mol. The molecule has 0 fully saturated rings. The fraction of sp³-hybridized carbons (Fsp3) is 0.348. The van der Waals surface area contributed by atoms with Gasteiger partial charge in [-0.15, -0.1) is 0 Å². The van der Waals surface area contributed by atoms with Gasteiger partial charge in [0.05, 0.1) is 0 Å². The van der Waals surface area contributed by atoms with Crippen molar-refractivity contribution in [2.75, 3.05) is 13.2 Å². The van der Waals surface area contributed by atoms with Gasteiger partial charge in [0.1, 0.15) is 12.6 Å². The van der Waals surface area contributed by atoms with E-state index in [0.717, 1.165) is 22.3 Å². The summed E-state index contributed by atoms with van der Waals surface area (Å²) in [5, 5.41) is 22.8. The highest BCUT2D eigenvalue weighted by atomic mass is 16.5. The van der Waals surface area contributed by atoms with Crippen LogP contribution in [0.5, 0.6) is 0 Å². The van der Waals surface area contributed by atoms with Crippen molar-refractivity contribution in [3.63, 3.8) is 0 Å². The van der Waals surface area contributed by atoms with Crippen molar-refractivity contribution < 1.29 is 29.3 Å². The molecule has 0 saturated heterocycles. The summed E-state index contributed by atoms with van der Waals surface area (Å²) in [6.45, 7) is 1.43. The van der Waals surface area contributed by atoms with Gasteiger partial charge in [-0.1, -0.05) is 48.5 Å². The molecule has 0 spiro atoms. The average molecular weight is 426 g/mol. The zero-order valence-corrected chi connectivity index (χ0v) is 17.2. The fourth-order valence-corrected chi connectivity index (χ4v) is 3.81. The Kier molecular flexibility index (Phi) is 7.25.